The number of halogens is 1. The van der Waals surface area contributed by atoms with Gasteiger partial charge in [-0.25, -0.2) is 0 Å². The summed E-state index contributed by atoms with van der Waals surface area (Å²) in [4.78, 5) is 0. The van der Waals surface area contributed by atoms with E-state index in [0.717, 1.165) is 0 Å². The summed E-state index contributed by atoms with van der Waals surface area (Å²) in [6.45, 7) is -0.0593. The lowest BCUT2D eigenvalue weighted by Gasteiger charge is -2.10. The molecule has 0 spiro atoms. The molecule has 0 radical (unpaired) electrons. The lowest BCUT2D eigenvalue weighted by atomic mass is 10.2. The van der Waals surface area contributed by atoms with Crippen LogP contribution in [0.2, 0.25) is 0 Å². The largest absolute Gasteiger partial charge is 0.493 e. The van der Waals surface area contributed by atoms with Crippen LogP contribution in [0.4, 0.5) is 0 Å². The van der Waals surface area contributed by atoms with Gasteiger partial charge in [-0.05, 0) is 28.1 Å². The van der Waals surface area contributed by atoms with Crippen molar-refractivity contribution in [3.63, 3.8) is 0 Å². The summed E-state index contributed by atoms with van der Waals surface area (Å²) in [7, 11) is 1.49. The highest BCUT2D eigenvalue weighted by atomic mass is 79.9. The third kappa shape index (κ3) is 2.87. The quantitative estimate of drug-likeness (QED) is 0.522. The minimum absolute atomic E-state index is 0.0593. The molecule has 0 fully saturated rings. The van der Waals surface area contributed by atoms with Crippen LogP contribution in [0.5, 0.6) is 11.5 Å². The molecular formula is C10H9BrN2O3. The van der Waals surface area contributed by atoms with Crippen molar-refractivity contribution < 1.29 is 14.7 Å². The number of nitriles is 1. The molecule has 0 aromatic heterocycles. The summed E-state index contributed by atoms with van der Waals surface area (Å²) in [6, 6.07) is 5.15. The molecule has 1 N–H and O–H groups in total. The normalized spacial score (nSPS) is 10.1. The fourth-order valence-corrected chi connectivity index (χ4v) is 1.52. The van der Waals surface area contributed by atoms with Gasteiger partial charge < -0.3 is 14.7 Å². The van der Waals surface area contributed by atoms with Crippen LogP contribution in [0, 0.1) is 11.3 Å². The predicted octanol–water partition coefficient (Wildman–Crippen LogP) is 2.17. The molecule has 1 aromatic carbocycles. The molecule has 0 atom stereocenters. The summed E-state index contributed by atoms with van der Waals surface area (Å²) in [5, 5.41) is 19.8. The summed E-state index contributed by atoms with van der Waals surface area (Å²) in [6.07, 6.45) is 1.26. The van der Waals surface area contributed by atoms with Crippen molar-refractivity contribution in [2.45, 2.75) is 0 Å². The topological polar surface area (TPSA) is 74.8 Å². The monoisotopic (exact) mass is 284 g/mol. The van der Waals surface area contributed by atoms with Crippen LogP contribution in [0.3, 0.4) is 0 Å². The van der Waals surface area contributed by atoms with Gasteiger partial charge in [0.15, 0.2) is 18.1 Å². The Hall–Kier alpha value is -1.74. The summed E-state index contributed by atoms with van der Waals surface area (Å²) in [5.41, 5.74) is 0.642. The van der Waals surface area contributed by atoms with Crippen LogP contribution >= 0.6 is 15.9 Å². The highest BCUT2D eigenvalue weighted by Crippen LogP contribution is 2.32. The number of hydrogen-bond donors (Lipinski definition) is 1. The van der Waals surface area contributed by atoms with E-state index >= 15 is 0 Å². The van der Waals surface area contributed by atoms with Gasteiger partial charge in [-0.15, -0.1) is 0 Å². The number of benzene rings is 1. The number of oxime groups is 1. The lowest BCUT2D eigenvalue weighted by molar-refractivity contribution is 0.321. The lowest BCUT2D eigenvalue weighted by Crippen LogP contribution is -1.98. The molecule has 0 amide bonds. The van der Waals surface area contributed by atoms with Crippen LogP contribution < -0.4 is 9.47 Å². The van der Waals surface area contributed by atoms with E-state index in [1.165, 1.54) is 13.3 Å². The maximum Gasteiger partial charge on any atom is 0.174 e. The van der Waals surface area contributed by atoms with Crippen molar-refractivity contribution in [1.82, 2.24) is 0 Å². The molecule has 0 bridgehead atoms. The number of methoxy groups -OCH3 is 1. The van der Waals surface area contributed by atoms with E-state index < -0.39 is 0 Å². The Labute approximate surface area is 101 Å². The summed E-state index contributed by atoms with van der Waals surface area (Å²) in [5.74, 6) is 0.916. The van der Waals surface area contributed by atoms with Crippen molar-refractivity contribution in [1.29, 1.82) is 5.26 Å². The molecule has 1 rings (SSSR count). The van der Waals surface area contributed by atoms with E-state index in [0.29, 0.717) is 21.5 Å². The van der Waals surface area contributed by atoms with E-state index in [4.69, 9.17) is 19.9 Å². The smallest absolute Gasteiger partial charge is 0.174 e. The number of nitrogens with zero attached hydrogens (tertiary/aromatic N) is 2. The molecule has 0 aliphatic rings. The van der Waals surface area contributed by atoms with Crippen LogP contribution in [0.25, 0.3) is 0 Å². The molecule has 0 heterocycles. The van der Waals surface area contributed by atoms with Gasteiger partial charge in [0.25, 0.3) is 0 Å². The standard InChI is InChI=1S/C10H9BrN2O3/c1-15-9-4-7(6-13-14)8(11)5-10(9)16-3-2-12/h4-6,14H,3H2,1H3/b13-6+. The van der Waals surface area contributed by atoms with Crippen molar-refractivity contribution in [2.75, 3.05) is 13.7 Å². The Kier molecular flexibility index (Phi) is 4.61. The van der Waals surface area contributed by atoms with Gasteiger partial charge in [-0.3, -0.25) is 0 Å². The average molecular weight is 285 g/mol. The minimum atomic E-state index is -0.0593. The van der Waals surface area contributed by atoms with Crippen molar-refractivity contribution in [3.8, 4) is 17.6 Å². The van der Waals surface area contributed by atoms with Gasteiger partial charge in [-0.1, -0.05) is 5.16 Å². The molecule has 0 aliphatic carbocycles. The van der Waals surface area contributed by atoms with Crippen molar-refractivity contribution in [3.05, 3.63) is 22.2 Å². The Morgan fingerprint density at radius 3 is 2.88 bits per heavy atom. The van der Waals surface area contributed by atoms with Gasteiger partial charge in [0.05, 0.1) is 13.3 Å². The zero-order chi connectivity index (χ0) is 12.0. The van der Waals surface area contributed by atoms with Crippen LogP contribution in [0.15, 0.2) is 21.8 Å². The highest BCUT2D eigenvalue weighted by Gasteiger charge is 2.09. The second-order valence-electron chi connectivity index (χ2n) is 2.72. The van der Waals surface area contributed by atoms with Crippen LogP contribution in [0.1, 0.15) is 5.56 Å². The Morgan fingerprint density at radius 2 is 2.31 bits per heavy atom. The van der Waals surface area contributed by atoms with E-state index in [2.05, 4.69) is 21.1 Å². The zero-order valence-corrected chi connectivity index (χ0v) is 10.1. The molecule has 5 nitrogen and oxygen atoms in total. The second-order valence-corrected chi connectivity index (χ2v) is 3.57. The fraction of sp³-hybridized carbons (Fsp3) is 0.200. The van der Waals surface area contributed by atoms with E-state index in [1.807, 2.05) is 6.07 Å². The van der Waals surface area contributed by atoms with Gasteiger partial charge in [0.2, 0.25) is 0 Å². The number of hydrogen-bond acceptors (Lipinski definition) is 5. The third-order valence-electron chi connectivity index (χ3n) is 1.77. The molecule has 0 saturated carbocycles. The molecule has 84 valence electrons. The van der Waals surface area contributed by atoms with Crippen LogP contribution in [-0.4, -0.2) is 25.1 Å². The van der Waals surface area contributed by atoms with Gasteiger partial charge in [0.1, 0.15) is 6.07 Å². The molecule has 16 heavy (non-hydrogen) atoms. The molecule has 0 aliphatic heterocycles. The first-order valence-corrected chi connectivity index (χ1v) is 5.07. The average Bonchev–Trinajstić information content (AvgIpc) is 2.29. The maximum absolute atomic E-state index is 8.45. The molecule has 6 heteroatoms. The zero-order valence-electron chi connectivity index (χ0n) is 8.48. The number of ether oxygens (including phenoxy) is 2. The van der Waals surface area contributed by atoms with E-state index in [1.54, 1.807) is 12.1 Å². The van der Waals surface area contributed by atoms with Gasteiger partial charge >= 0.3 is 0 Å². The first kappa shape index (κ1) is 12.3. The minimum Gasteiger partial charge on any atom is -0.493 e. The number of rotatable bonds is 4. The van der Waals surface area contributed by atoms with Crippen molar-refractivity contribution >= 4 is 22.1 Å². The summed E-state index contributed by atoms with van der Waals surface area (Å²) < 4.78 is 10.9. The Morgan fingerprint density at radius 1 is 1.56 bits per heavy atom. The van der Waals surface area contributed by atoms with E-state index in [-0.39, 0.29) is 6.61 Å². The first-order chi connectivity index (χ1) is 7.72. The van der Waals surface area contributed by atoms with Crippen LogP contribution in [-0.2, 0) is 0 Å². The highest BCUT2D eigenvalue weighted by molar-refractivity contribution is 9.10. The molecule has 0 unspecified atom stereocenters. The van der Waals surface area contributed by atoms with Crippen molar-refractivity contribution in [2.24, 2.45) is 5.16 Å². The Balaban J connectivity index is 3.11. The fourth-order valence-electron chi connectivity index (χ4n) is 1.09. The van der Waals surface area contributed by atoms with Gasteiger partial charge in [-0.2, -0.15) is 5.26 Å². The third-order valence-corrected chi connectivity index (χ3v) is 2.46. The molecule has 0 saturated heterocycles. The first-order valence-electron chi connectivity index (χ1n) is 4.27. The Bertz CT molecular complexity index is 440. The molecular weight excluding hydrogens is 276 g/mol. The summed E-state index contributed by atoms with van der Waals surface area (Å²) >= 11 is 3.28. The molecule has 1 aromatic rings. The maximum atomic E-state index is 8.45. The predicted molar refractivity (Wildman–Crippen MR) is 61.2 cm³/mol. The van der Waals surface area contributed by atoms with Gasteiger partial charge in [0, 0.05) is 10.0 Å². The SMILES string of the molecule is COc1cc(/C=N/O)c(Br)cc1OCC#N. The second kappa shape index (κ2) is 5.98. The van der Waals surface area contributed by atoms with E-state index in [9.17, 15) is 0 Å².